The van der Waals surface area contributed by atoms with Crippen molar-refractivity contribution in [2.75, 3.05) is 11.9 Å². The Morgan fingerprint density at radius 2 is 1.54 bits per heavy atom. The molecule has 0 aromatic heterocycles. The Labute approximate surface area is 251 Å². The van der Waals surface area contributed by atoms with Crippen LogP contribution in [-0.2, 0) is 14.3 Å². The van der Waals surface area contributed by atoms with Crippen LogP contribution in [0, 0.1) is 26.7 Å². The van der Waals surface area contributed by atoms with Crippen LogP contribution >= 0.6 is 11.6 Å². The Bertz CT molecular complexity index is 1160. The van der Waals surface area contributed by atoms with Crippen molar-refractivity contribution < 1.29 is 19.1 Å². The molecular weight excluding hydrogens is 538 g/mol. The average molecular weight is 586 g/mol. The van der Waals surface area contributed by atoms with Crippen molar-refractivity contribution in [3.63, 3.8) is 0 Å². The van der Waals surface area contributed by atoms with Gasteiger partial charge < -0.3 is 20.3 Å². The zero-order valence-electron chi connectivity index (χ0n) is 26.2. The minimum Gasteiger partial charge on any atom is -0.444 e. The Morgan fingerprint density at radius 3 is 2.07 bits per heavy atom. The summed E-state index contributed by atoms with van der Waals surface area (Å²) in [6.07, 6.45) is 2.29. The lowest BCUT2D eigenvalue weighted by Crippen LogP contribution is -2.53. The van der Waals surface area contributed by atoms with Gasteiger partial charge in [0.15, 0.2) is 0 Å². The fourth-order valence-corrected chi connectivity index (χ4v) is 5.18. The third-order valence-corrected chi connectivity index (χ3v) is 7.14. The van der Waals surface area contributed by atoms with E-state index in [1.54, 1.807) is 31.7 Å². The summed E-state index contributed by atoms with van der Waals surface area (Å²) in [5.74, 6) is -0.571. The van der Waals surface area contributed by atoms with Crippen LogP contribution in [-0.4, -0.2) is 41.0 Å². The lowest BCUT2D eigenvalue weighted by Gasteiger charge is -2.36. The van der Waals surface area contributed by atoms with Crippen LogP contribution in [0.15, 0.2) is 36.4 Å². The monoisotopic (exact) mass is 585 g/mol. The first kappa shape index (κ1) is 34.1. The first-order valence-electron chi connectivity index (χ1n) is 14.6. The number of aryl methyl sites for hydroxylation is 3. The van der Waals surface area contributed by atoms with Crippen LogP contribution in [0.25, 0.3) is 0 Å². The van der Waals surface area contributed by atoms with E-state index in [0.29, 0.717) is 30.1 Å². The van der Waals surface area contributed by atoms with Gasteiger partial charge in [0.2, 0.25) is 5.91 Å². The smallest absolute Gasteiger partial charge is 0.408 e. The molecule has 0 spiro atoms. The molecule has 7 nitrogen and oxygen atoms in total. The lowest BCUT2D eigenvalue weighted by molar-refractivity contribution is -0.141. The van der Waals surface area contributed by atoms with Gasteiger partial charge in [-0.05, 0) is 88.6 Å². The normalized spacial score (nSPS) is 13.0. The molecule has 2 aromatic carbocycles. The first-order valence-corrected chi connectivity index (χ1v) is 15.0. The summed E-state index contributed by atoms with van der Waals surface area (Å²) in [6, 6.07) is 9.46. The molecule has 0 aliphatic carbocycles. The van der Waals surface area contributed by atoms with Gasteiger partial charge >= 0.3 is 6.09 Å². The van der Waals surface area contributed by atoms with E-state index in [2.05, 4.69) is 17.6 Å². The van der Waals surface area contributed by atoms with Gasteiger partial charge in [0.1, 0.15) is 17.7 Å². The molecule has 0 radical (unpaired) electrons. The SMILES string of the molecule is CCCCCN(C(=O)C(CC(C)C)NC(=O)OC(C)(C)C)C(C(=O)Nc1c(C)cccc1Cl)c1c(C)cccc1C. The molecule has 0 saturated heterocycles. The van der Waals surface area contributed by atoms with E-state index < -0.39 is 23.8 Å². The summed E-state index contributed by atoms with van der Waals surface area (Å²) in [5.41, 5.74) is 3.18. The molecule has 8 heteroatoms. The summed E-state index contributed by atoms with van der Waals surface area (Å²) >= 11 is 6.49. The van der Waals surface area contributed by atoms with Gasteiger partial charge in [-0.2, -0.15) is 0 Å². The van der Waals surface area contributed by atoms with Gasteiger partial charge in [-0.1, -0.05) is 75.5 Å². The highest BCUT2D eigenvalue weighted by atomic mass is 35.5. The van der Waals surface area contributed by atoms with Crippen LogP contribution in [0.3, 0.4) is 0 Å². The fourth-order valence-electron chi connectivity index (χ4n) is 4.91. The number of halogens is 1. The van der Waals surface area contributed by atoms with Crippen molar-refractivity contribution in [1.82, 2.24) is 10.2 Å². The second-order valence-electron chi connectivity index (χ2n) is 12.2. The number of unbranched alkanes of at least 4 members (excludes halogenated alkanes) is 2. The number of anilines is 1. The highest BCUT2D eigenvalue weighted by Crippen LogP contribution is 2.33. The number of benzene rings is 2. The number of carbonyl (C=O) groups excluding carboxylic acids is 3. The molecule has 2 rings (SSSR count). The van der Waals surface area contributed by atoms with Crippen LogP contribution in [0.5, 0.6) is 0 Å². The minimum atomic E-state index is -0.939. The first-order chi connectivity index (χ1) is 19.2. The number of rotatable bonds is 12. The maximum atomic E-state index is 14.5. The van der Waals surface area contributed by atoms with Crippen molar-refractivity contribution in [1.29, 1.82) is 0 Å². The third-order valence-electron chi connectivity index (χ3n) is 6.83. The number of para-hydroxylation sites is 1. The predicted octanol–water partition coefficient (Wildman–Crippen LogP) is 7.90. The van der Waals surface area contributed by atoms with E-state index >= 15 is 0 Å². The minimum absolute atomic E-state index is 0.106. The highest BCUT2D eigenvalue weighted by molar-refractivity contribution is 6.34. The van der Waals surface area contributed by atoms with E-state index in [9.17, 15) is 14.4 Å². The fraction of sp³-hybridized carbons (Fsp3) is 0.545. The third kappa shape index (κ3) is 10.1. The second-order valence-corrected chi connectivity index (χ2v) is 12.6. The van der Waals surface area contributed by atoms with E-state index in [4.69, 9.17) is 16.3 Å². The Kier molecular flexibility index (Phi) is 12.7. The van der Waals surface area contributed by atoms with Crippen LogP contribution in [0.4, 0.5) is 10.5 Å². The van der Waals surface area contributed by atoms with Gasteiger partial charge in [-0.25, -0.2) is 4.79 Å². The molecule has 2 unspecified atom stereocenters. The molecule has 2 atom stereocenters. The lowest BCUT2D eigenvalue weighted by atomic mass is 9.92. The standard InChI is InChI=1S/C33H48ClN3O4/c1-10-11-12-19-37(31(39)26(20-21(2)3)35-32(40)41-33(7,8)9)29(27-22(4)15-13-16-23(27)5)30(38)36-28-24(6)17-14-18-25(28)34/h13-18,21,26,29H,10-12,19-20H2,1-9H3,(H,35,40)(H,36,38). The molecule has 0 aliphatic rings. The van der Waals surface area contributed by atoms with Crippen LogP contribution in [0.1, 0.15) is 95.5 Å². The maximum Gasteiger partial charge on any atom is 0.408 e. The van der Waals surface area contributed by atoms with E-state index in [1.165, 1.54) is 0 Å². The number of nitrogens with zero attached hydrogens (tertiary/aromatic N) is 1. The van der Waals surface area contributed by atoms with Gasteiger partial charge in [0.25, 0.3) is 5.91 Å². The molecule has 2 aromatic rings. The molecular formula is C33H48ClN3O4. The topological polar surface area (TPSA) is 87.7 Å². The van der Waals surface area contributed by atoms with E-state index in [-0.39, 0.29) is 17.7 Å². The largest absolute Gasteiger partial charge is 0.444 e. The Morgan fingerprint density at radius 1 is 0.951 bits per heavy atom. The highest BCUT2D eigenvalue weighted by Gasteiger charge is 2.38. The molecule has 0 fully saturated rings. The number of ether oxygens (including phenoxy) is 1. The van der Waals surface area contributed by atoms with Crippen molar-refractivity contribution in [3.05, 3.63) is 63.7 Å². The number of amides is 3. The van der Waals surface area contributed by atoms with Crippen molar-refractivity contribution in [3.8, 4) is 0 Å². The molecule has 0 aliphatic heterocycles. The second kappa shape index (κ2) is 15.2. The Hall–Kier alpha value is -3.06. The number of carbonyl (C=O) groups is 3. The zero-order valence-corrected chi connectivity index (χ0v) is 26.9. The molecule has 0 heterocycles. The van der Waals surface area contributed by atoms with Crippen LogP contribution in [0.2, 0.25) is 5.02 Å². The van der Waals surface area contributed by atoms with Gasteiger partial charge in [-0.3, -0.25) is 9.59 Å². The van der Waals surface area contributed by atoms with E-state index in [0.717, 1.165) is 35.1 Å². The van der Waals surface area contributed by atoms with Crippen molar-refractivity contribution in [2.24, 2.45) is 5.92 Å². The molecule has 41 heavy (non-hydrogen) atoms. The number of hydrogen-bond donors (Lipinski definition) is 2. The Balaban J connectivity index is 2.66. The van der Waals surface area contributed by atoms with Crippen LogP contribution < -0.4 is 10.6 Å². The molecule has 0 bridgehead atoms. The molecule has 2 N–H and O–H groups in total. The van der Waals surface area contributed by atoms with E-state index in [1.807, 2.05) is 65.0 Å². The van der Waals surface area contributed by atoms with Gasteiger partial charge in [0, 0.05) is 6.54 Å². The van der Waals surface area contributed by atoms with Crippen molar-refractivity contribution >= 4 is 35.2 Å². The summed E-state index contributed by atoms with van der Waals surface area (Å²) in [4.78, 5) is 43.2. The van der Waals surface area contributed by atoms with Crippen molar-refractivity contribution in [2.45, 2.75) is 106 Å². The summed E-state index contributed by atoms with van der Waals surface area (Å²) < 4.78 is 5.50. The number of nitrogens with one attached hydrogen (secondary N) is 2. The zero-order chi connectivity index (χ0) is 30.9. The number of hydrogen-bond acceptors (Lipinski definition) is 4. The maximum absolute atomic E-state index is 14.5. The molecule has 0 saturated carbocycles. The summed E-state index contributed by atoms with van der Waals surface area (Å²) in [5, 5.41) is 6.27. The average Bonchev–Trinajstić information content (AvgIpc) is 2.85. The predicted molar refractivity (Wildman–Crippen MR) is 167 cm³/mol. The van der Waals surface area contributed by atoms with Gasteiger partial charge in [-0.15, -0.1) is 0 Å². The molecule has 3 amide bonds. The summed E-state index contributed by atoms with van der Waals surface area (Å²) in [7, 11) is 0. The number of alkyl carbamates (subject to hydrolysis) is 1. The molecule has 226 valence electrons. The van der Waals surface area contributed by atoms with Gasteiger partial charge in [0.05, 0.1) is 10.7 Å². The quantitative estimate of drug-likeness (QED) is 0.248. The summed E-state index contributed by atoms with van der Waals surface area (Å²) in [6.45, 7) is 17.5.